The summed E-state index contributed by atoms with van der Waals surface area (Å²) in [6.07, 6.45) is 30.9. The van der Waals surface area contributed by atoms with Gasteiger partial charge in [-0.05, 0) is 30.7 Å². The minimum atomic E-state index is 0.499. The van der Waals surface area contributed by atoms with Crippen molar-refractivity contribution < 1.29 is 0 Å². The number of hydrogen-bond donors (Lipinski definition) is 0. The lowest BCUT2D eigenvalue weighted by atomic mass is 9.78. The molecule has 0 aromatic heterocycles. The largest absolute Gasteiger partial charge is 0.244 e. The first kappa shape index (κ1) is 28.7. The highest BCUT2D eigenvalue weighted by molar-refractivity contribution is 6.18. The van der Waals surface area contributed by atoms with Crippen molar-refractivity contribution in [2.75, 3.05) is 0 Å². The second-order valence-electron chi connectivity index (χ2n) is 10.5. The molecule has 1 aromatic carbocycles. The van der Waals surface area contributed by atoms with Crippen LogP contribution < -0.4 is 0 Å². The lowest BCUT2D eigenvalue weighted by molar-refractivity contribution is 0.286. The van der Waals surface area contributed by atoms with Crippen LogP contribution >= 0.6 is 0 Å². The van der Waals surface area contributed by atoms with Crippen LogP contribution in [0.2, 0.25) is 0 Å². The Morgan fingerprint density at radius 3 is 1.62 bits per heavy atom. The first-order chi connectivity index (χ1) is 16.8. The number of nitrogens with zero attached hydrogens (tertiary/aromatic N) is 2. The van der Waals surface area contributed by atoms with Crippen molar-refractivity contribution in [2.45, 2.75) is 136 Å². The molecule has 34 heavy (non-hydrogen) atoms. The lowest BCUT2D eigenvalue weighted by Gasteiger charge is -2.26. The first-order valence-electron chi connectivity index (χ1n) is 14.8. The molecule has 1 aliphatic heterocycles. The van der Waals surface area contributed by atoms with E-state index in [0.29, 0.717) is 11.8 Å². The number of aliphatic imine (C=N–C) groups is 2. The van der Waals surface area contributed by atoms with E-state index in [0.717, 1.165) is 12.6 Å². The van der Waals surface area contributed by atoms with Crippen molar-refractivity contribution in [3.63, 3.8) is 0 Å². The summed E-state index contributed by atoms with van der Waals surface area (Å²) in [5, 5.41) is 0. The maximum Gasteiger partial charge on any atom is 0.244 e. The smallest absolute Gasteiger partial charge is 0.0965 e. The zero-order valence-electron chi connectivity index (χ0n) is 22.5. The van der Waals surface area contributed by atoms with Crippen molar-refractivity contribution in [3.05, 3.63) is 42.1 Å². The molecule has 1 aliphatic rings. The molecule has 0 aliphatic carbocycles. The summed E-state index contributed by atoms with van der Waals surface area (Å²) in [6, 6.07) is 11.0. The monoisotopic (exact) mass is 465 g/mol. The van der Waals surface area contributed by atoms with Crippen LogP contribution in [-0.4, -0.2) is 12.4 Å². The molecule has 0 N–H and O–H groups in total. The van der Waals surface area contributed by atoms with Crippen LogP contribution in [-0.2, 0) is 6.42 Å². The van der Waals surface area contributed by atoms with Gasteiger partial charge in [0, 0.05) is 0 Å². The predicted octanol–water partition coefficient (Wildman–Crippen LogP) is 10.2. The van der Waals surface area contributed by atoms with E-state index < -0.39 is 0 Å². The van der Waals surface area contributed by atoms with Crippen molar-refractivity contribution in [1.82, 2.24) is 0 Å². The van der Waals surface area contributed by atoms with Gasteiger partial charge < -0.3 is 0 Å². The zero-order valence-corrected chi connectivity index (χ0v) is 22.5. The Morgan fingerprint density at radius 1 is 0.588 bits per heavy atom. The van der Waals surface area contributed by atoms with Crippen LogP contribution in [0.3, 0.4) is 0 Å². The zero-order chi connectivity index (χ0) is 24.1. The summed E-state index contributed by atoms with van der Waals surface area (Å²) >= 11 is 0. The maximum absolute atomic E-state index is 4.66. The number of unbranched alkanes of at least 4 members (excludes halogenated alkanes) is 14. The summed E-state index contributed by atoms with van der Waals surface area (Å²) in [4.78, 5) is 9.32. The van der Waals surface area contributed by atoms with Crippen molar-refractivity contribution in [1.29, 1.82) is 0 Å². The van der Waals surface area contributed by atoms with Crippen LogP contribution in [0.4, 0.5) is 0 Å². The minimum absolute atomic E-state index is 0.499. The first-order valence-corrected chi connectivity index (χ1v) is 14.8. The summed E-state index contributed by atoms with van der Waals surface area (Å²) in [7, 11) is 0. The third kappa shape index (κ3) is 12.8. The van der Waals surface area contributed by atoms with E-state index in [1.165, 1.54) is 121 Å². The van der Waals surface area contributed by atoms with E-state index in [4.69, 9.17) is 0 Å². The Balaban J connectivity index is 1.64. The molecule has 0 fully saturated rings. The second-order valence-corrected chi connectivity index (χ2v) is 10.5. The maximum atomic E-state index is 4.66. The van der Waals surface area contributed by atoms with Gasteiger partial charge in [-0.2, -0.15) is 0 Å². The fourth-order valence-electron chi connectivity index (χ4n) is 5.41. The summed E-state index contributed by atoms with van der Waals surface area (Å²) in [5.74, 6) is 1.14. The molecule has 0 saturated heterocycles. The van der Waals surface area contributed by atoms with Crippen molar-refractivity contribution in [2.24, 2.45) is 21.8 Å². The number of benzene rings is 1. The topological polar surface area (TPSA) is 24.7 Å². The highest BCUT2D eigenvalue weighted by atomic mass is 15.0. The van der Waals surface area contributed by atoms with Gasteiger partial charge in [-0.25, -0.2) is 0 Å². The third-order valence-corrected chi connectivity index (χ3v) is 7.52. The van der Waals surface area contributed by atoms with Gasteiger partial charge in [0.05, 0.1) is 5.92 Å². The van der Waals surface area contributed by atoms with E-state index in [1.807, 2.05) is 12.4 Å². The molecule has 2 rings (SSSR count). The van der Waals surface area contributed by atoms with Crippen molar-refractivity contribution in [3.8, 4) is 0 Å². The highest BCUT2D eigenvalue weighted by Crippen LogP contribution is 2.36. The van der Waals surface area contributed by atoms with Crippen LogP contribution in [0, 0.1) is 18.0 Å². The Kier molecular flexibility index (Phi) is 16.6. The van der Waals surface area contributed by atoms with Crippen LogP contribution in [0.5, 0.6) is 0 Å². The number of hydrogen-bond acceptors (Lipinski definition) is 2. The Morgan fingerprint density at radius 2 is 1.09 bits per heavy atom. The standard InChI is InChI=1S/C32H53N2/c1-3-5-7-8-9-10-11-12-13-14-15-16-17-21-25-31(32-33-26-27-34-32)30(24-6-4-2)28-29-22-19-18-20-23-29/h18-20,22-23,26-27,30-31H,3-17,21,24-25,28H2,1-2H3/q+1. The Hall–Kier alpha value is -1.57. The predicted molar refractivity (Wildman–Crippen MR) is 152 cm³/mol. The normalized spacial score (nSPS) is 14.7. The third-order valence-electron chi connectivity index (χ3n) is 7.52. The molecule has 0 amide bonds. The molecule has 190 valence electrons. The molecular formula is C32H53N2+. The fraction of sp³-hybridized carbons (Fsp3) is 0.719. The molecule has 2 unspecified atom stereocenters. The van der Waals surface area contributed by atoms with Gasteiger partial charge in [0.1, 0.15) is 0 Å². The lowest BCUT2D eigenvalue weighted by Crippen LogP contribution is -2.22. The molecule has 2 heteroatoms. The van der Waals surface area contributed by atoms with Crippen LogP contribution in [0.1, 0.15) is 135 Å². The molecular weight excluding hydrogens is 412 g/mol. The second kappa shape index (κ2) is 19.7. The van der Waals surface area contributed by atoms with E-state index in [-0.39, 0.29) is 0 Å². The van der Waals surface area contributed by atoms with Gasteiger partial charge in [-0.3, -0.25) is 0 Å². The van der Waals surface area contributed by atoms with E-state index in [1.54, 1.807) is 0 Å². The molecule has 0 bridgehead atoms. The van der Waals surface area contributed by atoms with Gasteiger partial charge in [0.25, 0.3) is 0 Å². The summed E-state index contributed by atoms with van der Waals surface area (Å²) in [6.45, 7) is 4.60. The average Bonchev–Trinajstić information content (AvgIpc) is 3.40. The minimum Gasteiger partial charge on any atom is -0.0965 e. The SMILES string of the molecule is CCCCCCCCCCCCCCCCC([C+]1N=CC=N1)C(CCCC)Cc1ccccc1. The number of rotatable bonds is 22. The molecule has 2 atom stereocenters. The molecule has 0 radical (unpaired) electrons. The molecule has 1 heterocycles. The summed E-state index contributed by atoms with van der Waals surface area (Å²) in [5.41, 5.74) is 1.46. The van der Waals surface area contributed by atoms with Gasteiger partial charge in [0.15, 0.2) is 12.4 Å². The Labute approximate surface area is 212 Å². The molecule has 0 saturated carbocycles. The highest BCUT2D eigenvalue weighted by Gasteiger charge is 2.35. The van der Waals surface area contributed by atoms with Gasteiger partial charge in [-0.1, -0.05) is 157 Å². The summed E-state index contributed by atoms with van der Waals surface area (Å²) < 4.78 is 0. The van der Waals surface area contributed by atoms with Crippen molar-refractivity contribution >= 4 is 12.4 Å². The molecule has 0 spiro atoms. The average molecular weight is 466 g/mol. The van der Waals surface area contributed by atoms with Gasteiger partial charge in [-0.15, -0.1) is 0 Å². The molecule has 2 nitrogen and oxygen atoms in total. The van der Waals surface area contributed by atoms with E-state index in [9.17, 15) is 0 Å². The van der Waals surface area contributed by atoms with Gasteiger partial charge in [0.2, 0.25) is 6.17 Å². The van der Waals surface area contributed by atoms with Gasteiger partial charge >= 0.3 is 0 Å². The van der Waals surface area contributed by atoms with E-state index in [2.05, 4.69) is 54.2 Å². The fourth-order valence-corrected chi connectivity index (χ4v) is 5.41. The van der Waals surface area contributed by atoms with E-state index >= 15 is 0 Å². The van der Waals surface area contributed by atoms with Crippen LogP contribution in [0.15, 0.2) is 40.3 Å². The quantitative estimate of drug-likeness (QED) is 0.120. The Bertz CT molecular complexity index is 624. The molecule has 1 aromatic rings. The van der Waals surface area contributed by atoms with Crippen LogP contribution in [0.25, 0.3) is 0 Å².